The maximum atomic E-state index is 14.6. The number of alkyl halides is 1. The number of aryl methyl sites for hydroxylation is 1. The Morgan fingerprint density at radius 2 is 1.98 bits per heavy atom. The topological polar surface area (TPSA) is 90.8 Å². The predicted octanol–water partition coefficient (Wildman–Crippen LogP) is 5.65. The lowest BCUT2D eigenvalue weighted by atomic mass is 9.95. The van der Waals surface area contributed by atoms with Crippen LogP contribution in [-0.2, 0) is 17.8 Å². The largest absolute Gasteiger partial charge is 0.461 e. The van der Waals surface area contributed by atoms with Gasteiger partial charge < -0.3 is 19.4 Å². The number of nitrogens with zero attached hydrogens (tertiary/aromatic N) is 8. The maximum Gasteiger partial charge on any atom is 0.318 e. The Kier molecular flexibility index (Phi) is 8.81. The lowest BCUT2D eigenvalue weighted by Gasteiger charge is -2.35. The van der Waals surface area contributed by atoms with Crippen LogP contribution in [0, 0.1) is 6.92 Å². The SMILES string of the molecule is Cc1nccc(/C=C/C(=O)N2CC[C@H](N(C)c3nc(OC[C@@]45CCCN4C[C@H](F)C5)nc4c3CCN(c3cccc5cccc(Cl)c35)C4)C2)n1. The van der Waals surface area contributed by atoms with Crippen molar-refractivity contribution in [2.24, 2.45) is 0 Å². The molecular weight excluding hydrogens is 655 g/mol. The maximum absolute atomic E-state index is 14.6. The van der Waals surface area contributed by atoms with Crippen molar-refractivity contribution in [3.63, 3.8) is 0 Å². The molecule has 10 nitrogen and oxygen atoms in total. The smallest absolute Gasteiger partial charge is 0.318 e. The van der Waals surface area contributed by atoms with Gasteiger partial charge in [-0.2, -0.15) is 9.97 Å². The lowest BCUT2D eigenvalue weighted by molar-refractivity contribution is -0.124. The number of rotatable bonds is 8. The number of benzene rings is 2. The number of aromatic nitrogens is 4. The fraction of sp³-hybridized carbons (Fsp3) is 0.447. The van der Waals surface area contributed by atoms with E-state index in [1.165, 1.54) is 0 Å². The summed E-state index contributed by atoms with van der Waals surface area (Å²) in [5.41, 5.74) is 3.48. The molecule has 3 atom stereocenters. The van der Waals surface area contributed by atoms with Crippen LogP contribution in [0.5, 0.6) is 6.01 Å². The molecule has 260 valence electrons. The lowest BCUT2D eigenvalue weighted by Crippen LogP contribution is -2.44. The van der Waals surface area contributed by atoms with Gasteiger partial charge in [-0.3, -0.25) is 9.69 Å². The molecule has 0 aliphatic carbocycles. The molecule has 0 N–H and O–H groups in total. The first-order valence-corrected chi connectivity index (χ1v) is 18.0. The van der Waals surface area contributed by atoms with Gasteiger partial charge in [0.2, 0.25) is 5.91 Å². The summed E-state index contributed by atoms with van der Waals surface area (Å²) in [6.07, 6.45) is 8.19. The van der Waals surface area contributed by atoms with E-state index < -0.39 is 6.17 Å². The highest BCUT2D eigenvalue weighted by Crippen LogP contribution is 2.41. The van der Waals surface area contributed by atoms with Gasteiger partial charge in [-0.15, -0.1) is 0 Å². The van der Waals surface area contributed by atoms with E-state index in [0.717, 1.165) is 77.3 Å². The molecule has 3 saturated heterocycles. The second-order valence-corrected chi connectivity index (χ2v) is 14.5. The molecule has 0 bridgehead atoms. The van der Waals surface area contributed by atoms with E-state index in [0.29, 0.717) is 56.7 Å². The Bertz CT molecular complexity index is 1950. The van der Waals surface area contributed by atoms with Gasteiger partial charge in [0.1, 0.15) is 24.4 Å². The zero-order valence-electron chi connectivity index (χ0n) is 28.6. The van der Waals surface area contributed by atoms with E-state index in [2.05, 4.69) is 56.0 Å². The van der Waals surface area contributed by atoms with Gasteiger partial charge in [-0.1, -0.05) is 35.9 Å². The molecule has 0 unspecified atom stereocenters. The zero-order valence-corrected chi connectivity index (χ0v) is 29.3. The number of carbonyl (C=O) groups excluding carboxylic acids is 1. The molecule has 4 aliphatic heterocycles. The summed E-state index contributed by atoms with van der Waals surface area (Å²) < 4.78 is 21.0. The van der Waals surface area contributed by atoms with Crippen LogP contribution in [0.2, 0.25) is 5.02 Å². The van der Waals surface area contributed by atoms with Crippen molar-refractivity contribution >= 4 is 45.9 Å². The minimum absolute atomic E-state index is 0.0431. The average molecular weight is 697 g/mol. The van der Waals surface area contributed by atoms with Crippen molar-refractivity contribution in [3.8, 4) is 6.01 Å². The Hall–Kier alpha value is -4.35. The van der Waals surface area contributed by atoms with Gasteiger partial charge in [-0.05, 0) is 68.8 Å². The van der Waals surface area contributed by atoms with Crippen LogP contribution in [0.3, 0.4) is 0 Å². The molecular formula is C38H42ClFN8O2. The van der Waals surface area contributed by atoms with Gasteiger partial charge in [0.15, 0.2) is 0 Å². The first-order chi connectivity index (χ1) is 24.3. The van der Waals surface area contributed by atoms with Gasteiger partial charge in [0.25, 0.3) is 0 Å². The highest BCUT2D eigenvalue weighted by molar-refractivity contribution is 6.36. The number of hydrogen-bond donors (Lipinski definition) is 0. The van der Waals surface area contributed by atoms with Crippen LogP contribution in [0.15, 0.2) is 54.7 Å². The average Bonchev–Trinajstić information content (AvgIpc) is 3.84. The molecule has 2 aromatic carbocycles. The second kappa shape index (κ2) is 13.4. The van der Waals surface area contributed by atoms with E-state index in [-0.39, 0.29) is 17.5 Å². The number of likely N-dealkylation sites (tertiary alicyclic amines) is 1. The molecule has 0 radical (unpaired) electrons. The van der Waals surface area contributed by atoms with E-state index in [1.807, 2.05) is 24.0 Å². The third-order valence-electron chi connectivity index (χ3n) is 11.0. The van der Waals surface area contributed by atoms with Gasteiger partial charge in [0.05, 0.1) is 28.5 Å². The Labute approximate surface area is 296 Å². The highest BCUT2D eigenvalue weighted by atomic mass is 35.5. The molecule has 0 spiro atoms. The summed E-state index contributed by atoms with van der Waals surface area (Å²) in [4.78, 5) is 40.4. The minimum Gasteiger partial charge on any atom is -0.461 e. The molecule has 4 aliphatic rings. The van der Waals surface area contributed by atoms with Crippen LogP contribution in [-0.4, -0.2) is 99.8 Å². The fourth-order valence-corrected chi connectivity index (χ4v) is 8.68. The Morgan fingerprint density at radius 1 is 1.12 bits per heavy atom. The van der Waals surface area contributed by atoms with Gasteiger partial charge in [-0.25, -0.2) is 14.4 Å². The zero-order chi connectivity index (χ0) is 34.4. The van der Waals surface area contributed by atoms with Gasteiger partial charge >= 0.3 is 6.01 Å². The third kappa shape index (κ3) is 6.26. The standard InChI is InChI=1S/C38H42ClFN8O2/c1-25-41-16-12-28(42-25)10-11-34(49)47-18-13-29(22-47)45(2)36-30-14-19-46(33-9-4-7-26-6-3-8-31(39)35(26)33)23-32(30)43-37(44-36)50-24-38-15-5-17-48(38)21-27(40)20-38/h3-4,6-12,16,27,29H,5,13-15,17-24H2,1-2H3/b11-10+/t27-,29+,38+/m1/s1. The Morgan fingerprint density at radius 3 is 2.84 bits per heavy atom. The number of carbonyl (C=O) groups is 1. The summed E-state index contributed by atoms with van der Waals surface area (Å²) in [7, 11) is 2.06. The fourth-order valence-electron chi connectivity index (χ4n) is 8.40. The number of halogens is 2. The minimum atomic E-state index is -0.834. The van der Waals surface area contributed by atoms with Crippen LogP contribution in [0.4, 0.5) is 15.9 Å². The van der Waals surface area contributed by atoms with Crippen molar-refractivity contribution < 1.29 is 13.9 Å². The van der Waals surface area contributed by atoms with Gasteiger partial charge in [0, 0.05) is 74.6 Å². The normalized spacial score (nSPS) is 23.5. The van der Waals surface area contributed by atoms with Crippen molar-refractivity contribution in [1.82, 2.24) is 29.7 Å². The number of fused-ring (bicyclic) bond motifs is 3. The van der Waals surface area contributed by atoms with Crippen LogP contribution in [0.1, 0.15) is 48.5 Å². The van der Waals surface area contributed by atoms with Crippen molar-refractivity contribution in [3.05, 3.63) is 82.5 Å². The second-order valence-electron chi connectivity index (χ2n) is 14.1. The van der Waals surface area contributed by atoms with Crippen LogP contribution >= 0.6 is 11.6 Å². The van der Waals surface area contributed by atoms with Crippen molar-refractivity contribution in [1.29, 1.82) is 0 Å². The van der Waals surface area contributed by atoms with E-state index >= 15 is 0 Å². The van der Waals surface area contributed by atoms with Crippen LogP contribution in [0.25, 0.3) is 16.8 Å². The molecule has 8 rings (SSSR count). The summed E-state index contributed by atoms with van der Waals surface area (Å²) >= 11 is 6.75. The first-order valence-electron chi connectivity index (χ1n) is 17.6. The molecule has 50 heavy (non-hydrogen) atoms. The Balaban J connectivity index is 1.07. The van der Waals surface area contributed by atoms with Crippen LogP contribution < -0.4 is 14.5 Å². The quantitative estimate of drug-likeness (QED) is 0.217. The summed E-state index contributed by atoms with van der Waals surface area (Å²) in [5.74, 6) is 1.46. The molecule has 1 amide bonds. The van der Waals surface area contributed by atoms with Crippen molar-refractivity contribution in [2.75, 3.05) is 56.2 Å². The first kappa shape index (κ1) is 32.8. The summed E-state index contributed by atoms with van der Waals surface area (Å²) in [6, 6.07) is 14.5. The van der Waals surface area contributed by atoms with E-state index in [9.17, 15) is 9.18 Å². The molecule has 4 aromatic rings. The number of hydrogen-bond acceptors (Lipinski definition) is 9. The van der Waals surface area contributed by atoms with E-state index in [1.54, 1.807) is 24.4 Å². The monoisotopic (exact) mass is 696 g/mol. The number of likely N-dealkylation sites (N-methyl/N-ethyl adjacent to an activating group) is 1. The van der Waals surface area contributed by atoms with E-state index in [4.69, 9.17) is 26.3 Å². The molecule has 6 heterocycles. The molecule has 0 saturated carbocycles. The number of ether oxygens (including phenoxy) is 1. The predicted molar refractivity (Wildman–Crippen MR) is 193 cm³/mol. The molecule has 2 aromatic heterocycles. The summed E-state index contributed by atoms with van der Waals surface area (Å²) in [5, 5.41) is 2.85. The molecule has 12 heteroatoms. The number of anilines is 2. The number of amides is 1. The van der Waals surface area contributed by atoms with Crippen molar-refractivity contribution in [2.45, 2.75) is 63.3 Å². The third-order valence-corrected chi connectivity index (χ3v) is 11.3. The molecule has 3 fully saturated rings. The highest BCUT2D eigenvalue weighted by Gasteiger charge is 2.49. The summed E-state index contributed by atoms with van der Waals surface area (Å²) in [6.45, 7) is 6.14.